The molecule has 37 heavy (non-hydrogen) atoms. The summed E-state index contributed by atoms with van der Waals surface area (Å²) in [7, 11) is 0. The molecule has 0 bridgehead atoms. The summed E-state index contributed by atoms with van der Waals surface area (Å²) in [5.41, 5.74) is 2.55. The molecule has 0 fully saturated rings. The lowest BCUT2D eigenvalue weighted by Crippen LogP contribution is -2.35. The fourth-order valence-corrected chi connectivity index (χ4v) is 4.84. The highest BCUT2D eigenvalue weighted by Gasteiger charge is 2.30. The second kappa shape index (κ2) is 10.3. The summed E-state index contributed by atoms with van der Waals surface area (Å²) in [5, 5.41) is 13.8. The van der Waals surface area contributed by atoms with Crippen molar-refractivity contribution < 1.29 is 18.6 Å². The average molecular weight is 575 g/mol. The molecule has 2 N–H and O–H groups in total. The van der Waals surface area contributed by atoms with E-state index in [1.54, 1.807) is 31.4 Å². The van der Waals surface area contributed by atoms with Gasteiger partial charge in [0, 0.05) is 17.8 Å². The minimum atomic E-state index is -1.08. The first-order valence-electron chi connectivity index (χ1n) is 11.8. The van der Waals surface area contributed by atoms with E-state index in [1.165, 1.54) is 0 Å². The van der Waals surface area contributed by atoms with Crippen molar-refractivity contribution in [1.82, 2.24) is 19.9 Å². The summed E-state index contributed by atoms with van der Waals surface area (Å²) in [6.07, 6.45) is 3.37. The lowest BCUT2D eigenvalue weighted by Gasteiger charge is -2.33. The zero-order chi connectivity index (χ0) is 27.1. The van der Waals surface area contributed by atoms with Gasteiger partial charge in [0.15, 0.2) is 5.82 Å². The van der Waals surface area contributed by atoms with E-state index >= 15 is 0 Å². The number of rotatable bonds is 6. The molecule has 3 aromatic rings. The van der Waals surface area contributed by atoms with Crippen molar-refractivity contribution in [1.29, 1.82) is 0 Å². The number of pyridine rings is 3. The number of nitrogens with one attached hydrogen (secondary N) is 1. The summed E-state index contributed by atoms with van der Waals surface area (Å²) in [5.74, 6) is -1.35. The van der Waals surface area contributed by atoms with Gasteiger partial charge in [-0.3, -0.25) is 14.8 Å². The van der Waals surface area contributed by atoms with Crippen molar-refractivity contribution in [2.24, 2.45) is 0 Å². The Morgan fingerprint density at radius 3 is 2.65 bits per heavy atom. The third-order valence-electron chi connectivity index (χ3n) is 6.49. The molecule has 0 saturated carbocycles. The second-order valence-electron chi connectivity index (χ2n) is 9.83. The Kier molecular flexibility index (Phi) is 7.52. The lowest BCUT2D eigenvalue weighted by atomic mass is 9.92. The predicted octanol–water partition coefficient (Wildman–Crippen LogP) is 5.28. The Morgan fingerprint density at radius 2 is 1.97 bits per heavy atom. The van der Waals surface area contributed by atoms with Crippen LogP contribution in [0.1, 0.15) is 67.6 Å². The van der Waals surface area contributed by atoms with Crippen LogP contribution in [0.3, 0.4) is 0 Å². The summed E-state index contributed by atoms with van der Waals surface area (Å²) in [6.45, 7) is 8.86. The Labute approximate surface area is 222 Å². The first kappa shape index (κ1) is 26.9. The van der Waals surface area contributed by atoms with Gasteiger partial charge in [0.25, 0.3) is 5.56 Å². The number of aryl methyl sites for hydroxylation is 2. The number of allylic oxidation sites excluding steroid dienone is 1. The average Bonchev–Trinajstić information content (AvgIpc) is 2.82. The zero-order valence-corrected chi connectivity index (χ0v) is 22.9. The fraction of sp³-hybridized carbons (Fsp3) is 0.370. The Hall–Kier alpha value is -3.11. The maximum atomic E-state index is 14.0. The third kappa shape index (κ3) is 5.60. The summed E-state index contributed by atoms with van der Waals surface area (Å²) < 4.78 is 34.7. The van der Waals surface area contributed by atoms with Gasteiger partial charge in [-0.25, -0.2) is 8.78 Å². The van der Waals surface area contributed by atoms with Crippen LogP contribution in [-0.4, -0.2) is 19.6 Å². The number of halogens is 3. The van der Waals surface area contributed by atoms with Gasteiger partial charge in [-0.05, 0) is 80.4 Å². The van der Waals surface area contributed by atoms with Crippen molar-refractivity contribution in [3.8, 4) is 5.75 Å². The van der Waals surface area contributed by atoms with E-state index in [0.29, 0.717) is 17.8 Å². The van der Waals surface area contributed by atoms with Gasteiger partial charge in [0.1, 0.15) is 33.9 Å². The topological polar surface area (TPSA) is 89.3 Å². The standard InChI is InChI=1S/C27H29BrF2N4O3/c1-14-6-7-23(27(4,5)36)33-25(14)19-10-21(15(2)11-31-19)34-16(3)8-22(24(28)26(34)35)37-13-20-18(30)9-17(29)12-32-20/h6-9,11-12,19,21,31,36H,10,13H2,1-5H3/t19?,21-/m1/s1. The van der Waals surface area contributed by atoms with Crippen molar-refractivity contribution in [3.05, 3.63) is 97.0 Å². The van der Waals surface area contributed by atoms with Crippen molar-refractivity contribution in [2.75, 3.05) is 0 Å². The van der Waals surface area contributed by atoms with Crippen LogP contribution in [0.5, 0.6) is 5.75 Å². The maximum Gasteiger partial charge on any atom is 0.269 e. The molecule has 0 amide bonds. The van der Waals surface area contributed by atoms with Crippen LogP contribution in [0, 0.1) is 25.5 Å². The molecule has 3 aromatic heterocycles. The van der Waals surface area contributed by atoms with Crippen LogP contribution < -0.4 is 15.6 Å². The van der Waals surface area contributed by atoms with Gasteiger partial charge < -0.3 is 19.7 Å². The van der Waals surface area contributed by atoms with E-state index in [4.69, 9.17) is 9.72 Å². The van der Waals surface area contributed by atoms with Crippen LogP contribution in [0.25, 0.3) is 0 Å². The third-order valence-corrected chi connectivity index (χ3v) is 7.22. The quantitative estimate of drug-likeness (QED) is 0.416. The van der Waals surface area contributed by atoms with E-state index < -0.39 is 17.2 Å². The Morgan fingerprint density at radius 1 is 1.24 bits per heavy atom. The Balaban J connectivity index is 1.64. The molecule has 0 radical (unpaired) electrons. The van der Waals surface area contributed by atoms with Crippen LogP contribution in [0.2, 0.25) is 0 Å². The molecule has 10 heteroatoms. The van der Waals surface area contributed by atoms with Crippen molar-refractivity contribution in [3.63, 3.8) is 0 Å². The monoisotopic (exact) mass is 574 g/mol. The van der Waals surface area contributed by atoms with Gasteiger partial charge in [0.05, 0.1) is 29.7 Å². The van der Waals surface area contributed by atoms with E-state index in [-0.39, 0.29) is 40.2 Å². The summed E-state index contributed by atoms with van der Waals surface area (Å²) in [6, 6.07) is 5.77. The van der Waals surface area contributed by atoms with Gasteiger partial charge in [0.2, 0.25) is 0 Å². The molecule has 1 unspecified atom stereocenters. The highest BCUT2D eigenvalue weighted by Crippen LogP contribution is 2.36. The first-order chi connectivity index (χ1) is 17.4. The van der Waals surface area contributed by atoms with E-state index in [0.717, 1.165) is 29.1 Å². The minimum Gasteiger partial charge on any atom is -0.486 e. The molecule has 4 heterocycles. The molecule has 7 nitrogen and oxygen atoms in total. The number of hydrogen-bond acceptors (Lipinski definition) is 6. The number of aromatic nitrogens is 3. The molecular weight excluding hydrogens is 546 g/mol. The van der Waals surface area contributed by atoms with E-state index in [2.05, 4.69) is 26.2 Å². The molecule has 0 aliphatic carbocycles. The predicted molar refractivity (Wildman–Crippen MR) is 139 cm³/mol. The van der Waals surface area contributed by atoms with E-state index in [9.17, 15) is 18.7 Å². The second-order valence-corrected chi connectivity index (χ2v) is 10.6. The highest BCUT2D eigenvalue weighted by molar-refractivity contribution is 9.10. The Bertz CT molecular complexity index is 1430. The van der Waals surface area contributed by atoms with Crippen LogP contribution >= 0.6 is 15.9 Å². The zero-order valence-electron chi connectivity index (χ0n) is 21.3. The molecule has 196 valence electrons. The SMILES string of the molecule is CC1=CNC(c2nc(C(C)(C)O)ccc2C)C[C@H]1n1c(C)cc(OCc2ncc(F)cc2F)c(Br)c1=O. The molecule has 0 spiro atoms. The molecular formula is C27H29BrF2N4O3. The molecule has 0 aromatic carbocycles. The van der Waals surface area contributed by atoms with Gasteiger partial charge in [-0.15, -0.1) is 0 Å². The van der Waals surface area contributed by atoms with Crippen LogP contribution in [0.4, 0.5) is 8.78 Å². The van der Waals surface area contributed by atoms with E-state index in [1.807, 2.05) is 32.2 Å². The van der Waals surface area contributed by atoms with Crippen LogP contribution in [-0.2, 0) is 12.2 Å². The fourth-order valence-electron chi connectivity index (χ4n) is 4.42. The maximum absolute atomic E-state index is 14.0. The highest BCUT2D eigenvalue weighted by atomic mass is 79.9. The molecule has 2 atom stereocenters. The van der Waals surface area contributed by atoms with Gasteiger partial charge in [-0.2, -0.15) is 0 Å². The smallest absolute Gasteiger partial charge is 0.269 e. The number of hydrogen-bond donors (Lipinski definition) is 2. The number of nitrogens with zero attached hydrogens (tertiary/aromatic N) is 3. The first-order valence-corrected chi connectivity index (χ1v) is 12.6. The van der Waals surface area contributed by atoms with Crippen molar-refractivity contribution >= 4 is 15.9 Å². The molecule has 4 rings (SSSR count). The lowest BCUT2D eigenvalue weighted by molar-refractivity contribution is 0.0734. The molecule has 1 aliphatic heterocycles. The van der Waals surface area contributed by atoms with Gasteiger partial charge >= 0.3 is 0 Å². The van der Waals surface area contributed by atoms with Gasteiger partial charge in [-0.1, -0.05) is 6.07 Å². The minimum absolute atomic E-state index is 0.0636. The molecule has 1 aliphatic rings. The van der Waals surface area contributed by atoms with Crippen molar-refractivity contribution in [2.45, 2.75) is 65.3 Å². The van der Waals surface area contributed by atoms with Crippen LogP contribution in [0.15, 0.2) is 51.5 Å². The number of aliphatic hydroxyl groups is 1. The largest absolute Gasteiger partial charge is 0.486 e. The summed E-state index contributed by atoms with van der Waals surface area (Å²) >= 11 is 3.35. The number of ether oxygens (including phenoxy) is 1. The normalized spacial score (nSPS) is 17.8. The summed E-state index contributed by atoms with van der Waals surface area (Å²) in [4.78, 5) is 21.9. The molecule has 0 saturated heterocycles.